The average Bonchev–Trinajstić information content (AvgIpc) is 2.17. The molecule has 6 heteroatoms. The van der Waals surface area contributed by atoms with Crippen LogP contribution in [0.15, 0.2) is 27.1 Å². The van der Waals surface area contributed by atoms with E-state index in [1.807, 2.05) is 6.92 Å². The van der Waals surface area contributed by atoms with E-state index in [4.69, 9.17) is 0 Å². The lowest BCUT2D eigenvalue weighted by molar-refractivity contribution is -0.141. The van der Waals surface area contributed by atoms with Crippen LogP contribution in [-0.2, 0) is 6.18 Å². The van der Waals surface area contributed by atoms with Gasteiger partial charge in [-0.25, -0.2) is 4.98 Å². The van der Waals surface area contributed by atoms with Crippen molar-refractivity contribution < 1.29 is 13.2 Å². The molecule has 0 unspecified atom stereocenters. The van der Waals surface area contributed by atoms with E-state index >= 15 is 0 Å². The van der Waals surface area contributed by atoms with E-state index in [0.29, 0.717) is 19.8 Å². The average molecular weight is 369 g/mol. The number of benzene rings is 1. The minimum absolute atomic E-state index is 0.303. The highest BCUT2D eigenvalue weighted by atomic mass is 79.9. The SMILES string of the molecule is Cc1cc(Br)c2nc(C(F)(F)F)cc(Br)c2c1. The number of pyridine rings is 1. The summed E-state index contributed by atoms with van der Waals surface area (Å²) in [7, 11) is 0. The topological polar surface area (TPSA) is 12.9 Å². The van der Waals surface area contributed by atoms with Gasteiger partial charge in [0.05, 0.1) is 5.52 Å². The third-order valence-electron chi connectivity index (χ3n) is 2.25. The number of nitrogens with zero attached hydrogens (tertiary/aromatic N) is 1. The summed E-state index contributed by atoms with van der Waals surface area (Å²) in [6.45, 7) is 1.87. The van der Waals surface area contributed by atoms with Gasteiger partial charge >= 0.3 is 6.18 Å². The molecule has 1 aromatic carbocycles. The summed E-state index contributed by atoms with van der Waals surface area (Å²) in [5.74, 6) is 0. The third kappa shape index (κ3) is 2.47. The third-order valence-corrected chi connectivity index (χ3v) is 3.51. The first-order chi connectivity index (χ1) is 7.79. The first-order valence-corrected chi connectivity index (χ1v) is 6.21. The number of hydrogen-bond acceptors (Lipinski definition) is 1. The molecule has 0 aliphatic carbocycles. The van der Waals surface area contributed by atoms with E-state index in [1.165, 1.54) is 0 Å². The van der Waals surface area contributed by atoms with Gasteiger partial charge in [-0.1, -0.05) is 15.9 Å². The molecule has 2 aromatic rings. The molecular formula is C11H6Br2F3N. The Morgan fingerprint density at radius 1 is 1.06 bits per heavy atom. The number of halogens is 5. The van der Waals surface area contributed by atoms with Crippen molar-refractivity contribution >= 4 is 42.8 Å². The fourth-order valence-electron chi connectivity index (χ4n) is 1.53. The van der Waals surface area contributed by atoms with Crippen molar-refractivity contribution in [2.45, 2.75) is 13.1 Å². The number of aryl methyl sites for hydroxylation is 1. The highest BCUT2D eigenvalue weighted by Crippen LogP contribution is 2.35. The number of hydrogen-bond donors (Lipinski definition) is 0. The Kier molecular flexibility index (Phi) is 3.20. The first kappa shape index (κ1) is 12.8. The normalized spacial score (nSPS) is 12.1. The molecule has 0 radical (unpaired) electrons. The lowest BCUT2D eigenvalue weighted by Crippen LogP contribution is -2.08. The summed E-state index contributed by atoms with van der Waals surface area (Å²) < 4.78 is 38.8. The number of rotatable bonds is 0. The maximum absolute atomic E-state index is 12.6. The Hall–Kier alpha value is -0.620. The Labute approximate surface area is 112 Å². The van der Waals surface area contributed by atoms with Crippen LogP contribution >= 0.6 is 31.9 Å². The van der Waals surface area contributed by atoms with E-state index < -0.39 is 11.9 Å². The highest BCUT2D eigenvalue weighted by Gasteiger charge is 2.33. The molecule has 1 nitrogen and oxygen atoms in total. The summed E-state index contributed by atoms with van der Waals surface area (Å²) >= 11 is 6.38. The summed E-state index contributed by atoms with van der Waals surface area (Å²) in [6, 6.07) is 4.52. The van der Waals surface area contributed by atoms with Crippen LogP contribution in [0.2, 0.25) is 0 Å². The second kappa shape index (κ2) is 4.24. The molecule has 0 bridgehead atoms. The summed E-state index contributed by atoms with van der Waals surface area (Å²) in [4.78, 5) is 3.65. The van der Waals surface area contributed by atoms with Gasteiger partial charge in [-0.15, -0.1) is 0 Å². The molecule has 0 fully saturated rings. The molecule has 0 saturated heterocycles. The Morgan fingerprint density at radius 3 is 2.29 bits per heavy atom. The molecule has 0 aliphatic heterocycles. The van der Waals surface area contributed by atoms with Crippen molar-refractivity contribution in [1.82, 2.24) is 4.98 Å². The highest BCUT2D eigenvalue weighted by molar-refractivity contribution is 9.11. The van der Waals surface area contributed by atoms with E-state index in [2.05, 4.69) is 36.8 Å². The van der Waals surface area contributed by atoms with Gasteiger partial charge in [0.1, 0.15) is 5.69 Å². The second-order valence-electron chi connectivity index (χ2n) is 3.63. The van der Waals surface area contributed by atoms with Gasteiger partial charge in [-0.05, 0) is 46.6 Å². The molecule has 0 saturated carbocycles. The molecule has 0 N–H and O–H groups in total. The van der Waals surface area contributed by atoms with Crippen LogP contribution < -0.4 is 0 Å². The fraction of sp³-hybridized carbons (Fsp3) is 0.182. The summed E-state index contributed by atoms with van der Waals surface area (Å²) in [6.07, 6.45) is -4.44. The molecule has 0 aliphatic rings. The molecule has 17 heavy (non-hydrogen) atoms. The first-order valence-electron chi connectivity index (χ1n) is 4.62. The standard InChI is InChI=1S/C11H6Br2F3N/c1-5-2-6-7(12)4-9(11(14,15)16)17-10(6)8(13)3-5/h2-4H,1H3. The lowest BCUT2D eigenvalue weighted by Gasteiger charge is -2.10. The zero-order valence-corrected chi connectivity index (χ0v) is 11.7. The maximum Gasteiger partial charge on any atom is 0.433 e. The van der Waals surface area contributed by atoms with Crippen molar-refractivity contribution in [3.63, 3.8) is 0 Å². The van der Waals surface area contributed by atoms with E-state index in [0.717, 1.165) is 11.6 Å². The van der Waals surface area contributed by atoms with Crippen LogP contribution in [0.3, 0.4) is 0 Å². The number of aromatic nitrogens is 1. The summed E-state index contributed by atoms with van der Waals surface area (Å²) in [5, 5.41) is 0.657. The van der Waals surface area contributed by atoms with Crippen molar-refractivity contribution in [2.75, 3.05) is 0 Å². The molecule has 1 heterocycles. The lowest BCUT2D eigenvalue weighted by atomic mass is 10.1. The monoisotopic (exact) mass is 367 g/mol. The zero-order valence-electron chi connectivity index (χ0n) is 8.57. The second-order valence-corrected chi connectivity index (χ2v) is 5.34. The number of alkyl halides is 3. The molecule has 2 rings (SSSR count). The molecular weight excluding hydrogens is 363 g/mol. The summed E-state index contributed by atoms with van der Waals surface area (Å²) in [5.41, 5.74) is 0.352. The maximum atomic E-state index is 12.6. The molecule has 0 spiro atoms. The van der Waals surface area contributed by atoms with Gasteiger partial charge in [-0.3, -0.25) is 0 Å². The minimum Gasteiger partial charge on any atom is -0.242 e. The van der Waals surface area contributed by atoms with Gasteiger partial charge in [0.25, 0.3) is 0 Å². The molecule has 1 aromatic heterocycles. The molecule has 0 atom stereocenters. The Balaban J connectivity index is 2.83. The van der Waals surface area contributed by atoms with Crippen molar-refractivity contribution in [3.05, 3.63) is 38.4 Å². The van der Waals surface area contributed by atoms with Gasteiger partial charge < -0.3 is 0 Å². The van der Waals surface area contributed by atoms with E-state index in [-0.39, 0.29) is 0 Å². The van der Waals surface area contributed by atoms with Crippen molar-refractivity contribution in [3.8, 4) is 0 Å². The predicted molar refractivity (Wildman–Crippen MR) is 66.9 cm³/mol. The number of fused-ring (bicyclic) bond motifs is 1. The van der Waals surface area contributed by atoms with Crippen LogP contribution in [0, 0.1) is 6.92 Å². The van der Waals surface area contributed by atoms with Crippen LogP contribution in [0.1, 0.15) is 11.3 Å². The Morgan fingerprint density at radius 2 is 1.71 bits per heavy atom. The molecule has 90 valence electrons. The van der Waals surface area contributed by atoms with Crippen LogP contribution in [-0.4, -0.2) is 4.98 Å². The fourth-order valence-corrected chi connectivity index (χ4v) is 2.71. The quantitative estimate of drug-likeness (QED) is 0.631. The predicted octanol–water partition coefficient (Wildman–Crippen LogP) is 5.09. The smallest absolute Gasteiger partial charge is 0.242 e. The van der Waals surface area contributed by atoms with E-state index in [1.54, 1.807) is 12.1 Å². The van der Waals surface area contributed by atoms with Crippen LogP contribution in [0.25, 0.3) is 10.9 Å². The molecule has 0 amide bonds. The van der Waals surface area contributed by atoms with Gasteiger partial charge in [0.15, 0.2) is 0 Å². The largest absolute Gasteiger partial charge is 0.433 e. The van der Waals surface area contributed by atoms with Gasteiger partial charge in [-0.2, -0.15) is 13.2 Å². The van der Waals surface area contributed by atoms with Gasteiger partial charge in [0.2, 0.25) is 0 Å². The van der Waals surface area contributed by atoms with Crippen LogP contribution in [0.5, 0.6) is 0 Å². The van der Waals surface area contributed by atoms with Crippen LogP contribution in [0.4, 0.5) is 13.2 Å². The van der Waals surface area contributed by atoms with Crippen molar-refractivity contribution in [2.24, 2.45) is 0 Å². The van der Waals surface area contributed by atoms with Crippen molar-refractivity contribution in [1.29, 1.82) is 0 Å². The minimum atomic E-state index is -4.44. The Bertz CT molecular complexity index is 593. The van der Waals surface area contributed by atoms with Gasteiger partial charge in [0, 0.05) is 14.3 Å². The zero-order chi connectivity index (χ0) is 12.8. The van der Waals surface area contributed by atoms with E-state index in [9.17, 15) is 13.2 Å².